The molecule has 1 amide bonds. The Balaban J connectivity index is 2.19. The molecule has 0 saturated carbocycles. The molecule has 0 aliphatic rings. The summed E-state index contributed by atoms with van der Waals surface area (Å²) in [5.41, 5.74) is 4.65. The third kappa shape index (κ3) is 2.43. The van der Waals surface area contributed by atoms with Crippen LogP contribution in [0.1, 0.15) is 15.9 Å². The van der Waals surface area contributed by atoms with Crippen molar-refractivity contribution in [2.24, 2.45) is 5.84 Å². The van der Waals surface area contributed by atoms with Crippen LogP contribution in [-0.2, 0) is 0 Å². The van der Waals surface area contributed by atoms with Crippen molar-refractivity contribution in [3.63, 3.8) is 0 Å². The molecule has 17 heavy (non-hydrogen) atoms. The minimum atomic E-state index is -0.236. The van der Waals surface area contributed by atoms with Crippen molar-refractivity contribution < 1.29 is 9.32 Å². The minimum absolute atomic E-state index is 0.236. The summed E-state index contributed by atoms with van der Waals surface area (Å²) in [5, 5.41) is 6.23. The molecule has 0 spiro atoms. The molecule has 0 saturated heterocycles. The van der Waals surface area contributed by atoms with Crippen molar-refractivity contribution in [3.8, 4) is 0 Å². The molecular formula is C11H12N4O2. The van der Waals surface area contributed by atoms with Crippen LogP contribution >= 0.6 is 0 Å². The number of aromatic nitrogens is 1. The Kier molecular flexibility index (Phi) is 3.06. The Hall–Kier alpha value is -2.34. The maximum absolute atomic E-state index is 11.9. The summed E-state index contributed by atoms with van der Waals surface area (Å²) in [7, 11) is 0. The molecule has 4 N–H and O–H groups in total. The zero-order valence-corrected chi connectivity index (χ0v) is 9.23. The van der Waals surface area contributed by atoms with E-state index in [2.05, 4.69) is 20.4 Å². The number of nitrogens with zero attached hydrogens (tertiary/aromatic N) is 1. The van der Waals surface area contributed by atoms with E-state index in [1.807, 2.05) is 6.92 Å². The van der Waals surface area contributed by atoms with E-state index in [-0.39, 0.29) is 5.91 Å². The SMILES string of the molecule is Cc1cc(NN)ccc1C(=O)Nc1ccon1. The normalized spacial score (nSPS) is 10.0. The predicted molar refractivity (Wildman–Crippen MR) is 63.4 cm³/mol. The number of nitrogen functional groups attached to an aromatic ring is 1. The maximum Gasteiger partial charge on any atom is 0.257 e. The van der Waals surface area contributed by atoms with Crippen LogP contribution in [0.4, 0.5) is 11.5 Å². The van der Waals surface area contributed by atoms with E-state index < -0.39 is 0 Å². The number of aryl methyl sites for hydroxylation is 1. The predicted octanol–water partition coefficient (Wildman–Crippen LogP) is 1.52. The topological polar surface area (TPSA) is 93.2 Å². The summed E-state index contributed by atoms with van der Waals surface area (Å²) in [6.07, 6.45) is 1.39. The van der Waals surface area contributed by atoms with Gasteiger partial charge in [0.15, 0.2) is 5.82 Å². The van der Waals surface area contributed by atoms with Crippen LogP contribution in [0.2, 0.25) is 0 Å². The molecule has 0 aliphatic carbocycles. The standard InChI is InChI=1S/C11H12N4O2/c1-7-6-8(14-12)2-3-9(7)11(16)13-10-4-5-17-15-10/h2-6,14H,12H2,1H3,(H,13,15,16). The van der Waals surface area contributed by atoms with Gasteiger partial charge in [0, 0.05) is 17.3 Å². The highest BCUT2D eigenvalue weighted by Gasteiger charge is 2.10. The third-order valence-corrected chi connectivity index (χ3v) is 2.32. The van der Waals surface area contributed by atoms with Crippen molar-refractivity contribution in [3.05, 3.63) is 41.7 Å². The zero-order valence-electron chi connectivity index (χ0n) is 9.23. The van der Waals surface area contributed by atoms with E-state index in [9.17, 15) is 4.79 Å². The zero-order chi connectivity index (χ0) is 12.3. The van der Waals surface area contributed by atoms with E-state index >= 15 is 0 Å². The molecular weight excluding hydrogens is 220 g/mol. The number of hydrazine groups is 1. The molecule has 0 unspecified atom stereocenters. The first-order valence-electron chi connectivity index (χ1n) is 4.99. The molecule has 88 valence electrons. The van der Waals surface area contributed by atoms with Gasteiger partial charge in [-0.2, -0.15) is 0 Å². The van der Waals surface area contributed by atoms with Crippen LogP contribution in [0.15, 0.2) is 35.1 Å². The van der Waals surface area contributed by atoms with E-state index in [0.717, 1.165) is 11.3 Å². The number of nitrogens with one attached hydrogen (secondary N) is 2. The summed E-state index contributed by atoms with van der Waals surface area (Å²) in [6.45, 7) is 1.83. The molecule has 0 atom stereocenters. The molecule has 2 aromatic rings. The molecule has 0 radical (unpaired) electrons. The lowest BCUT2D eigenvalue weighted by molar-refractivity contribution is 0.102. The van der Waals surface area contributed by atoms with Gasteiger partial charge in [0.05, 0.1) is 0 Å². The number of carbonyl (C=O) groups excluding carboxylic acids is 1. The Morgan fingerprint density at radius 2 is 2.24 bits per heavy atom. The number of hydrogen-bond donors (Lipinski definition) is 3. The van der Waals surface area contributed by atoms with Gasteiger partial charge in [-0.3, -0.25) is 10.6 Å². The van der Waals surface area contributed by atoms with Crippen LogP contribution in [-0.4, -0.2) is 11.1 Å². The molecule has 1 aromatic carbocycles. The third-order valence-electron chi connectivity index (χ3n) is 2.32. The van der Waals surface area contributed by atoms with Crippen LogP contribution in [0.25, 0.3) is 0 Å². The molecule has 0 aliphatic heterocycles. The second kappa shape index (κ2) is 4.67. The number of hydrogen-bond acceptors (Lipinski definition) is 5. The van der Waals surface area contributed by atoms with Gasteiger partial charge >= 0.3 is 0 Å². The maximum atomic E-state index is 11.9. The number of carbonyl (C=O) groups is 1. The van der Waals surface area contributed by atoms with E-state index in [1.165, 1.54) is 6.26 Å². The Labute approximate surface area is 97.8 Å². The first-order valence-corrected chi connectivity index (χ1v) is 4.99. The smallest absolute Gasteiger partial charge is 0.257 e. The highest BCUT2D eigenvalue weighted by Crippen LogP contribution is 2.15. The van der Waals surface area contributed by atoms with Crippen LogP contribution in [0.5, 0.6) is 0 Å². The average molecular weight is 232 g/mol. The first kappa shape index (κ1) is 11.2. The van der Waals surface area contributed by atoms with Crippen LogP contribution < -0.4 is 16.6 Å². The summed E-state index contributed by atoms with van der Waals surface area (Å²) in [4.78, 5) is 11.9. The van der Waals surface area contributed by atoms with Gasteiger partial charge in [-0.15, -0.1) is 0 Å². The lowest BCUT2D eigenvalue weighted by Gasteiger charge is -2.07. The number of benzene rings is 1. The highest BCUT2D eigenvalue weighted by molar-refractivity contribution is 6.04. The second-order valence-electron chi connectivity index (χ2n) is 3.51. The van der Waals surface area contributed by atoms with Crippen molar-refractivity contribution in [2.75, 3.05) is 10.7 Å². The summed E-state index contributed by atoms with van der Waals surface area (Å²) in [5.74, 6) is 5.43. The average Bonchev–Trinajstić information content (AvgIpc) is 2.81. The van der Waals surface area contributed by atoms with Crippen molar-refractivity contribution in [1.82, 2.24) is 5.16 Å². The van der Waals surface area contributed by atoms with Crippen molar-refractivity contribution >= 4 is 17.4 Å². The number of rotatable bonds is 3. The highest BCUT2D eigenvalue weighted by atomic mass is 16.5. The van der Waals surface area contributed by atoms with Crippen molar-refractivity contribution in [2.45, 2.75) is 6.92 Å². The summed E-state index contributed by atoms with van der Waals surface area (Å²) < 4.78 is 4.63. The molecule has 1 heterocycles. The van der Waals surface area contributed by atoms with Gasteiger partial charge in [-0.25, -0.2) is 0 Å². The fourth-order valence-corrected chi connectivity index (χ4v) is 1.47. The second-order valence-corrected chi connectivity index (χ2v) is 3.51. The van der Waals surface area contributed by atoms with Gasteiger partial charge in [-0.1, -0.05) is 5.16 Å². The van der Waals surface area contributed by atoms with E-state index in [0.29, 0.717) is 11.4 Å². The van der Waals surface area contributed by atoms with E-state index in [4.69, 9.17) is 5.84 Å². The van der Waals surface area contributed by atoms with Gasteiger partial charge in [0.2, 0.25) is 0 Å². The number of amides is 1. The van der Waals surface area contributed by atoms with Crippen molar-refractivity contribution in [1.29, 1.82) is 0 Å². The summed E-state index contributed by atoms with van der Waals surface area (Å²) >= 11 is 0. The fourth-order valence-electron chi connectivity index (χ4n) is 1.47. The number of nitrogens with two attached hydrogens (primary N) is 1. The quantitative estimate of drug-likeness (QED) is 0.551. The Morgan fingerprint density at radius 3 is 2.82 bits per heavy atom. The molecule has 1 aromatic heterocycles. The lowest BCUT2D eigenvalue weighted by atomic mass is 10.1. The molecule has 2 rings (SSSR count). The van der Waals surface area contributed by atoms with Gasteiger partial charge in [0.25, 0.3) is 5.91 Å². The Morgan fingerprint density at radius 1 is 1.41 bits per heavy atom. The molecule has 6 heteroatoms. The lowest BCUT2D eigenvalue weighted by Crippen LogP contribution is -2.14. The molecule has 0 bridgehead atoms. The monoisotopic (exact) mass is 232 g/mol. The van der Waals surface area contributed by atoms with Gasteiger partial charge in [-0.05, 0) is 30.7 Å². The van der Waals surface area contributed by atoms with Gasteiger partial charge < -0.3 is 15.3 Å². The van der Waals surface area contributed by atoms with Crippen LogP contribution in [0, 0.1) is 6.92 Å². The summed E-state index contributed by atoms with van der Waals surface area (Å²) in [6, 6.07) is 6.78. The molecule has 6 nitrogen and oxygen atoms in total. The van der Waals surface area contributed by atoms with Gasteiger partial charge in [0.1, 0.15) is 6.26 Å². The van der Waals surface area contributed by atoms with Crippen LogP contribution in [0.3, 0.4) is 0 Å². The fraction of sp³-hybridized carbons (Fsp3) is 0.0909. The number of anilines is 2. The van der Waals surface area contributed by atoms with E-state index in [1.54, 1.807) is 24.3 Å². The Bertz CT molecular complexity index is 522. The largest absolute Gasteiger partial charge is 0.363 e. The minimum Gasteiger partial charge on any atom is -0.363 e. The molecule has 0 fully saturated rings. The first-order chi connectivity index (χ1) is 8.20.